The lowest BCUT2D eigenvalue weighted by molar-refractivity contribution is 0.104. The minimum absolute atomic E-state index is 0.0759. The number of hydrogen-bond acceptors (Lipinski definition) is 4. The summed E-state index contributed by atoms with van der Waals surface area (Å²) in [6.07, 6.45) is 9.18. The zero-order chi connectivity index (χ0) is 21.6. The van der Waals surface area contributed by atoms with E-state index in [2.05, 4.69) is 20.4 Å². The molecule has 0 radical (unpaired) electrons. The summed E-state index contributed by atoms with van der Waals surface area (Å²) >= 11 is 0. The zero-order valence-corrected chi connectivity index (χ0v) is 18.1. The van der Waals surface area contributed by atoms with E-state index in [1.54, 1.807) is 42.5 Å². The molecule has 4 heteroatoms. The zero-order valence-electron chi connectivity index (χ0n) is 18.1. The van der Waals surface area contributed by atoms with Gasteiger partial charge in [-0.1, -0.05) is 39.3 Å². The molecule has 0 aliphatic carbocycles. The van der Waals surface area contributed by atoms with E-state index in [-0.39, 0.29) is 5.78 Å². The number of carbonyl (C=O) groups excluding carboxylic acids is 1. The first kappa shape index (κ1) is 23.3. The van der Waals surface area contributed by atoms with E-state index in [0.29, 0.717) is 31.1 Å². The standard InChI is InChI=1S/C26H32O4/c1-4-7-18-29-24-15-11-22(26(20-24)30-19-8-5-2)12-16-25(27)21-9-13-23(14-10-21)28-17-6-3/h6,9-16,20H,3-5,7-8,17-19H2,1-2H3. The van der Waals surface area contributed by atoms with Crippen LogP contribution in [0.4, 0.5) is 0 Å². The van der Waals surface area contributed by atoms with Gasteiger partial charge >= 0.3 is 0 Å². The second-order valence-corrected chi connectivity index (χ2v) is 6.93. The number of benzene rings is 2. The predicted molar refractivity (Wildman–Crippen MR) is 123 cm³/mol. The lowest BCUT2D eigenvalue weighted by Crippen LogP contribution is -2.01. The van der Waals surface area contributed by atoms with Crippen LogP contribution in [-0.4, -0.2) is 25.6 Å². The van der Waals surface area contributed by atoms with Crippen molar-refractivity contribution < 1.29 is 19.0 Å². The lowest BCUT2D eigenvalue weighted by Gasteiger charge is -2.12. The Bertz CT molecular complexity index is 821. The van der Waals surface area contributed by atoms with Crippen LogP contribution in [0.25, 0.3) is 6.08 Å². The van der Waals surface area contributed by atoms with Crippen molar-refractivity contribution in [3.05, 3.63) is 72.3 Å². The SMILES string of the molecule is C=CCOc1ccc(C(=O)C=Cc2ccc(OCCCC)cc2OCCCC)cc1. The fourth-order valence-corrected chi connectivity index (χ4v) is 2.66. The fourth-order valence-electron chi connectivity index (χ4n) is 2.66. The summed E-state index contributed by atoms with van der Waals surface area (Å²) in [5.41, 5.74) is 1.46. The first-order valence-electron chi connectivity index (χ1n) is 10.6. The molecule has 0 N–H and O–H groups in total. The van der Waals surface area contributed by atoms with Gasteiger partial charge in [0.15, 0.2) is 5.78 Å². The van der Waals surface area contributed by atoms with Crippen molar-refractivity contribution in [3.8, 4) is 17.2 Å². The quantitative estimate of drug-likeness (QED) is 0.155. The molecule has 0 saturated carbocycles. The summed E-state index contributed by atoms with van der Waals surface area (Å²) in [7, 11) is 0. The van der Waals surface area contributed by atoms with Crippen LogP contribution in [0.1, 0.15) is 55.5 Å². The summed E-state index contributed by atoms with van der Waals surface area (Å²) in [4.78, 5) is 12.5. The largest absolute Gasteiger partial charge is 0.493 e. The van der Waals surface area contributed by atoms with E-state index in [0.717, 1.165) is 42.7 Å². The van der Waals surface area contributed by atoms with Crippen LogP contribution < -0.4 is 14.2 Å². The third kappa shape index (κ3) is 7.78. The second kappa shape index (κ2) is 13.3. The van der Waals surface area contributed by atoms with Crippen molar-refractivity contribution in [2.24, 2.45) is 0 Å². The highest BCUT2D eigenvalue weighted by Gasteiger charge is 2.07. The predicted octanol–water partition coefficient (Wildman–Crippen LogP) is 6.51. The highest BCUT2D eigenvalue weighted by molar-refractivity contribution is 6.07. The molecule has 0 saturated heterocycles. The van der Waals surface area contributed by atoms with Gasteiger partial charge in [-0.2, -0.15) is 0 Å². The van der Waals surface area contributed by atoms with Gasteiger partial charge in [0, 0.05) is 17.2 Å². The number of allylic oxidation sites excluding steroid dienone is 1. The molecule has 0 spiro atoms. The van der Waals surface area contributed by atoms with Crippen LogP contribution in [-0.2, 0) is 0 Å². The first-order chi connectivity index (χ1) is 14.7. The molecule has 2 rings (SSSR count). The van der Waals surface area contributed by atoms with Gasteiger partial charge in [-0.25, -0.2) is 0 Å². The smallest absolute Gasteiger partial charge is 0.185 e. The van der Waals surface area contributed by atoms with E-state index in [1.807, 2.05) is 18.2 Å². The Morgan fingerprint density at radius 1 is 0.900 bits per heavy atom. The Hall–Kier alpha value is -3.01. The van der Waals surface area contributed by atoms with Crippen LogP contribution in [0.15, 0.2) is 61.2 Å². The van der Waals surface area contributed by atoms with Crippen molar-refractivity contribution in [3.63, 3.8) is 0 Å². The van der Waals surface area contributed by atoms with Crippen LogP contribution in [0.3, 0.4) is 0 Å². The molecule has 0 aliphatic heterocycles. The van der Waals surface area contributed by atoms with E-state index >= 15 is 0 Å². The van der Waals surface area contributed by atoms with E-state index in [9.17, 15) is 4.79 Å². The Morgan fingerprint density at radius 2 is 1.57 bits per heavy atom. The Kier molecular flexibility index (Phi) is 10.3. The highest BCUT2D eigenvalue weighted by Crippen LogP contribution is 2.27. The fraction of sp³-hybridized carbons (Fsp3) is 0.346. The number of unbranched alkanes of at least 4 members (excludes halogenated alkanes) is 2. The molecule has 0 aromatic heterocycles. The molecule has 2 aromatic carbocycles. The van der Waals surface area contributed by atoms with Crippen molar-refractivity contribution in [2.45, 2.75) is 39.5 Å². The van der Waals surface area contributed by atoms with Gasteiger partial charge < -0.3 is 14.2 Å². The molecular weight excluding hydrogens is 376 g/mol. The van der Waals surface area contributed by atoms with Crippen molar-refractivity contribution >= 4 is 11.9 Å². The van der Waals surface area contributed by atoms with Crippen LogP contribution in [0.5, 0.6) is 17.2 Å². The Balaban J connectivity index is 2.10. The van der Waals surface area contributed by atoms with E-state index < -0.39 is 0 Å². The maximum absolute atomic E-state index is 12.5. The molecule has 30 heavy (non-hydrogen) atoms. The van der Waals surface area contributed by atoms with Crippen LogP contribution >= 0.6 is 0 Å². The molecule has 0 atom stereocenters. The summed E-state index contributed by atoms with van der Waals surface area (Å²) in [5, 5.41) is 0. The average molecular weight is 409 g/mol. The maximum atomic E-state index is 12.5. The number of hydrogen-bond donors (Lipinski definition) is 0. The monoisotopic (exact) mass is 408 g/mol. The van der Waals surface area contributed by atoms with Crippen molar-refractivity contribution in [2.75, 3.05) is 19.8 Å². The summed E-state index contributed by atoms with van der Waals surface area (Å²) in [5.74, 6) is 2.15. The van der Waals surface area contributed by atoms with Gasteiger partial charge in [-0.05, 0) is 61.4 Å². The molecular formula is C26H32O4. The normalized spacial score (nSPS) is 10.7. The number of rotatable bonds is 14. The van der Waals surface area contributed by atoms with Gasteiger partial charge in [0.2, 0.25) is 0 Å². The maximum Gasteiger partial charge on any atom is 0.185 e. The minimum Gasteiger partial charge on any atom is -0.493 e. The van der Waals surface area contributed by atoms with E-state index in [4.69, 9.17) is 14.2 Å². The topological polar surface area (TPSA) is 44.8 Å². The number of ether oxygens (including phenoxy) is 3. The number of ketones is 1. The minimum atomic E-state index is -0.0759. The first-order valence-corrected chi connectivity index (χ1v) is 10.6. The summed E-state index contributed by atoms with van der Waals surface area (Å²) in [6.45, 7) is 9.64. The average Bonchev–Trinajstić information content (AvgIpc) is 2.77. The molecule has 0 heterocycles. The molecule has 4 nitrogen and oxygen atoms in total. The molecule has 2 aromatic rings. The van der Waals surface area contributed by atoms with Gasteiger partial charge in [0.1, 0.15) is 23.9 Å². The van der Waals surface area contributed by atoms with Crippen LogP contribution in [0, 0.1) is 0 Å². The van der Waals surface area contributed by atoms with E-state index in [1.165, 1.54) is 0 Å². The Labute approximate surface area is 180 Å². The lowest BCUT2D eigenvalue weighted by atomic mass is 10.1. The van der Waals surface area contributed by atoms with Crippen LogP contribution in [0.2, 0.25) is 0 Å². The molecule has 0 aliphatic rings. The third-order valence-electron chi connectivity index (χ3n) is 4.43. The van der Waals surface area contributed by atoms with Crippen molar-refractivity contribution in [1.29, 1.82) is 0 Å². The third-order valence-corrected chi connectivity index (χ3v) is 4.43. The number of carbonyl (C=O) groups is 1. The van der Waals surface area contributed by atoms with Gasteiger partial charge in [-0.3, -0.25) is 4.79 Å². The highest BCUT2D eigenvalue weighted by atomic mass is 16.5. The second-order valence-electron chi connectivity index (χ2n) is 6.93. The van der Waals surface area contributed by atoms with Gasteiger partial charge in [0.25, 0.3) is 0 Å². The molecule has 160 valence electrons. The molecule has 0 bridgehead atoms. The van der Waals surface area contributed by atoms with Gasteiger partial charge in [0.05, 0.1) is 13.2 Å². The summed E-state index contributed by atoms with van der Waals surface area (Å²) < 4.78 is 17.2. The summed E-state index contributed by atoms with van der Waals surface area (Å²) in [6, 6.07) is 12.8. The molecule has 0 amide bonds. The molecule has 0 unspecified atom stereocenters. The molecule has 0 fully saturated rings. The van der Waals surface area contributed by atoms with Crippen molar-refractivity contribution in [1.82, 2.24) is 0 Å². The van der Waals surface area contributed by atoms with Gasteiger partial charge in [-0.15, -0.1) is 0 Å². The Morgan fingerprint density at radius 3 is 2.23 bits per heavy atom.